The van der Waals surface area contributed by atoms with Crippen molar-refractivity contribution >= 4 is 16.7 Å². The molecule has 1 spiro atoms. The molecule has 0 aliphatic carbocycles. The third-order valence-electron chi connectivity index (χ3n) is 6.33. The molecule has 5 heterocycles. The minimum atomic E-state index is 0.0288. The topological polar surface area (TPSA) is 84.8 Å². The maximum Gasteiger partial charge on any atom is 0.132 e. The van der Waals surface area contributed by atoms with Gasteiger partial charge in [0.1, 0.15) is 17.8 Å². The Labute approximate surface area is 173 Å². The van der Waals surface area contributed by atoms with Crippen molar-refractivity contribution < 1.29 is 4.74 Å². The minimum absolute atomic E-state index is 0.0288. The van der Waals surface area contributed by atoms with Gasteiger partial charge in [-0.1, -0.05) is 6.07 Å². The molecule has 1 unspecified atom stereocenters. The SMILES string of the molecule is Cn1cc(-c2ccc3[nH]nc(-c4cc(N5CCCC6(CCO6)C5)ncn4)c3c2)cn1. The number of piperidine rings is 1. The fourth-order valence-corrected chi connectivity index (χ4v) is 4.61. The summed E-state index contributed by atoms with van der Waals surface area (Å²) in [5.74, 6) is 0.939. The highest BCUT2D eigenvalue weighted by atomic mass is 16.5. The number of aromatic amines is 1. The first-order valence-corrected chi connectivity index (χ1v) is 10.4. The summed E-state index contributed by atoms with van der Waals surface area (Å²) in [7, 11) is 1.92. The van der Waals surface area contributed by atoms with Crippen LogP contribution < -0.4 is 4.90 Å². The number of aromatic nitrogens is 6. The number of rotatable bonds is 3. The molecule has 0 bridgehead atoms. The molecule has 2 fully saturated rings. The van der Waals surface area contributed by atoms with Gasteiger partial charge in [0.05, 0.1) is 29.6 Å². The molecule has 3 aromatic heterocycles. The Morgan fingerprint density at radius 3 is 2.87 bits per heavy atom. The lowest BCUT2D eigenvalue weighted by Crippen LogP contribution is -2.56. The van der Waals surface area contributed by atoms with E-state index in [1.807, 2.05) is 30.2 Å². The summed E-state index contributed by atoms with van der Waals surface area (Å²) in [4.78, 5) is 11.4. The van der Waals surface area contributed by atoms with Crippen molar-refractivity contribution in [2.75, 3.05) is 24.6 Å². The van der Waals surface area contributed by atoms with E-state index in [0.29, 0.717) is 0 Å². The molecular formula is C22H23N7O. The smallest absolute Gasteiger partial charge is 0.132 e. The van der Waals surface area contributed by atoms with Crippen LogP contribution in [0, 0.1) is 0 Å². The van der Waals surface area contributed by atoms with E-state index in [2.05, 4.69) is 48.4 Å². The molecule has 1 atom stereocenters. The van der Waals surface area contributed by atoms with Gasteiger partial charge in [-0.2, -0.15) is 10.2 Å². The van der Waals surface area contributed by atoms with Crippen LogP contribution in [-0.4, -0.2) is 55.2 Å². The molecule has 4 aromatic rings. The molecule has 2 aliphatic heterocycles. The van der Waals surface area contributed by atoms with Crippen molar-refractivity contribution in [1.29, 1.82) is 0 Å². The van der Waals surface area contributed by atoms with E-state index in [-0.39, 0.29) is 5.60 Å². The molecule has 0 radical (unpaired) electrons. The van der Waals surface area contributed by atoms with Gasteiger partial charge in [0.15, 0.2) is 0 Å². The van der Waals surface area contributed by atoms with E-state index >= 15 is 0 Å². The van der Waals surface area contributed by atoms with E-state index in [4.69, 9.17) is 4.74 Å². The van der Waals surface area contributed by atoms with Gasteiger partial charge in [-0.25, -0.2) is 9.97 Å². The number of benzene rings is 1. The van der Waals surface area contributed by atoms with Crippen molar-refractivity contribution in [3.8, 4) is 22.5 Å². The second kappa shape index (κ2) is 6.63. The summed E-state index contributed by atoms with van der Waals surface area (Å²) in [6, 6.07) is 8.33. The Kier molecular flexibility index (Phi) is 3.89. The van der Waals surface area contributed by atoms with E-state index in [9.17, 15) is 0 Å². The van der Waals surface area contributed by atoms with Gasteiger partial charge in [-0.15, -0.1) is 0 Å². The third kappa shape index (κ3) is 2.87. The van der Waals surface area contributed by atoms with E-state index < -0.39 is 0 Å². The molecule has 1 N–H and O–H groups in total. The number of nitrogens with zero attached hydrogens (tertiary/aromatic N) is 6. The van der Waals surface area contributed by atoms with Crippen LogP contribution in [0.2, 0.25) is 0 Å². The number of ether oxygens (including phenoxy) is 1. The first-order chi connectivity index (χ1) is 14.7. The molecule has 6 rings (SSSR count). The summed E-state index contributed by atoms with van der Waals surface area (Å²) >= 11 is 0. The molecule has 8 nitrogen and oxygen atoms in total. The summed E-state index contributed by atoms with van der Waals surface area (Å²) in [6.07, 6.45) is 8.93. The van der Waals surface area contributed by atoms with Crippen molar-refractivity contribution in [2.45, 2.75) is 24.9 Å². The summed E-state index contributed by atoms with van der Waals surface area (Å²) < 4.78 is 7.73. The van der Waals surface area contributed by atoms with Crippen LogP contribution in [0.3, 0.4) is 0 Å². The van der Waals surface area contributed by atoms with Gasteiger partial charge >= 0.3 is 0 Å². The molecule has 152 valence electrons. The number of H-pyrrole nitrogens is 1. The minimum Gasteiger partial charge on any atom is -0.373 e. The average Bonchev–Trinajstić information content (AvgIpc) is 3.38. The summed E-state index contributed by atoms with van der Waals surface area (Å²) in [5.41, 5.74) is 4.86. The highest BCUT2D eigenvalue weighted by molar-refractivity contribution is 5.95. The Balaban J connectivity index is 1.37. The Morgan fingerprint density at radius 2 is 2.07 bits per heavy atom. The first-order valence-electron chi connectivity index (χ1n) is 10.4. The zero-order chi connectivity index (χ0) is 20.1. The number of aryl methyl sites for hydroxylation is 1. The normalized spacial score (nSPS) is 21.3. The number of hydrogen-bond donors (Lipinski definition) is 1. The van der Waals surface area contributed by atoms with Gasteiger partial charge in [0, 0.05) is 49.8 Å². The molecule has 8 heteroatoms. The molecule has 0 saturated carbocycles. The second-order valence-electron chi connectivity index (χ2n) is 8.30. The Bertz CT molecular complexity index is 1220. The van der Waals surface area contributed by atoms with Crippen LogP contribution in [0.1, 0.15) is 19.3 Å². The lowest BCUT2D eigenvalue weighted by Gasteiger charge is -2.48. The van der Waals surface area contributed by atoms with Gasteiger partial charge in [-0.3, -0.25) is 9.78 Å². The first kappa shape index (κ1) is 17.6. The van der Waals surface area contributed by atoms with Crippen molar-refractivity contribution in [3.63, 3.8) is 0 Å². The zero-order valence-corrected chi connectivity index (χ0v) is 16.9. The van der Waals surface area contributed by atoms with Crippen molar-refractivity contribution in [3.05, 3.63) is 43.0 Å². The Morgan fingerprint density at radius 1 is 1.13 bits per heavy atom. The van der Waals surface area contributed by atoms with Crippen LogP contribution in [0.15, 0.2) is 43.0 Å². The predicted octanol–water partition coefficient (Wildman–Crippen LogP) is 3.18. The fourth-order valence-electron chi connectivity index (χ4n) is 4.61. The predicted molar refractivity (Wildman–Crippen MR) is 114 cm³/mol. The largest absolute Gasteiger partial charge is 0.373 e. The van der Waals surface area contributed by atoms with Gasteiger partial charge in [0.25, 0.3) is 0 Å². The molecular weight excluding hydrogens is 378 g/mol. The van der Waals surface area contributed by atoms with Crippen molar-refractivity contribution in [2.24, 2.45) is 7.05 Å². The number of fused-ring (bicyclic) bond motifs is 1. The lowest BCUT2D eigenvalue weighted by molar-refractivity contribution is -0.151. The van der Waals surface area contributed by atoms with Crippen LogP contribution >= 0.6 is 0 Å². The van der Waals surface area contributed by atoms with E-state index in [0.717, 1.165) is 78.2 Å². The van der Waals surface area contributed by atoms with Crippen LogP contribution in [0.5, 0.6) is 0 Å². The highest BCUT2D eigenvalue weighted by Crippen LogP contribution is 2.37. The third-order valence-corrected chi connectivity index (χ3v) is 6.33. The molecule has 30 heavy (non-hydrogen) atoms. The van der Waals surface area contributed by atoms with Crippen LogP contribution in [-0.2, 0) is 11.8 Å². The molecule has 2 saturated heterocycles. The van der Waals surface area contributed by atoms with E-state index in [1.54, 1.807) is 6.33 Å². The number of hydrogen-bond acceptors (Lipinski definition) is 6. The maximum atomic E-state index is 5.92. The number of anilines is 1. The fraction of sp³-hybridized carbons (Fsp3) is 0.364. The Hall–Kier alpha value is -3.26. The lowest BCUT2D eigenvalue weighted by atomic mass is 9.86. The van der Waals surface area contributed by atoms with Crippen molar-refractivity contribution in [1.82, 2.24) is 29.9 Å². The zero-order valence-electron chi connectivity index (χ0n) is 16.9. The number of nitrogens with one attached hydrogen (secondary N) is 1. The second-order valence-corrected chi connectivity index (χ2v) is 8.30. The quantitative estimate of drug-likeness (QED) is 0.568. The van der Waals surface area contributed by atoms with Gasteiger partial charge in [-0.05, 0) is 30.5 Å². The van der Waals surface area contributed by atoms with E-state index in [1.165, 1.54) is 0 Å². The molecule has 1 aromatic carbocycles. The summed E-state index contributed by atoms with van der Waals surface area (Å²) in [5, 5.41) is 13.0. The van der Waals surface area contributed by atoms with Gasteiger partial charge in [0.2, 0.25) is 0 Å². The molecule has 2 aliphatic rings. The highest BCUT2D eigenvalue weighted by Gasteiger charge is 2.42. The maximum absolute atomic E-state index is 5.92. The standard InChI is InChI=1S/C22H23N7O/c1-28-12-16(11-25-28)15-3-4-18-17(9-15)21(27-26-18)19-10-20(24-14-23-19)29-7-2-5-22(13-29)6-8-30-22/h3-4,9-12,14H,2,5-8,13H2,1H3,(H,26,27). The molecule has 0 amide bonds. The van der Waals surface area contributed by atoms with Crippen LogP contribution in [0.4, 0.5) is 5.82 Å². The summed E-state index contributed by atoms with van der Waals surface area (Å²) in [6.45, 7) is 2.77. The van der Waals surface area contributed by atoms with Gasteiger partial charge < -0.3 is 9.64 Å². The van der Waals surface area contributed by atoms with Crippen LogP contribution in [0.25, 0.3) is 33.4 Å². The monoisotopic (exact) mass is 401 g/mol. The average molecular weight is 401 g/mol.